The van der Waals surface area contributed by atoms with Crippen LogP contribution < -0.4 is 5.11 Å². The molecule has 0 heterocycles. The minimum Gasteiger partial charge on any atom is -0.550 e. The monoisotopic (exact) mass is 510 g/mol. The molecule has 3 nitrogen and oxygen atoms in total. The predicted molar refractivity (Wildman–Crippen MR) is 130 cm³/mol. The number of aliphatic hydroxyl groups excluding tert-OH is 1. The minimum atomic E-state index is -0.788. The van der Waals surface area contributed by atoms with Crippen LogP contribution in [0, 0.1) is 56.7 Å². The van der Waals surface area contributed by atoms with Crippen LogP contribution in [0.4, 0.5) is 0 Å². The van der Waals surface area contributed by atoms with Gasteiger partial charge in [-0.05, 0) is 122 Å². The first kappa shape index (κ1) is 26.7. The molecule has 5 saturated carbocycles. The smallest absolute Gasteiger partial charge is 0.0594 e. The molecule has 5 aliphatic carbocycles. The average Bonchev–Trinajstić information content (AvgIpc) is 3.13. The summed E-state index contributed by atoms with van der Waals surface area (Å²) >= 11 is 0. The van der Waals surface area contributed by atoms with E-state index in [2.05, 4.69) is 48.1 Å². The van der Waals surface area contributed by atoms with Gasteiger partial charge >= 0.3 is 0 Å². The maximum absolute atomic E-state index is 12.6. The largest absolute Gasteiger partial charge is 0.550 e. The SMILES string of the molecule is C=C(C)[C@@H]1CC[C@]2(C(=O)[O-])CC[C@]3(C)[C@H](CC[C@@H]4[C@@]5(C)CC[C@H](O)C(C)(C)[C@@H]5CC[C@]43C)[C@@H]12.[Mn]. The Balaban J connectivity index is 0.00000274. The summed E-state index contributed by atoms with van der Waals surface area (Å²) in [6.07, 6.45) is 10.1. The second-order valence-electron chi connectivity index (χ2n) is 14.5. The molecule has 0 bridgehead atoms. The number of fused-ring (bicyclic) bond motifs is 7. The van der Waals surface area contributed by atoms with E-state index in [-0.39, 0.29) is 50.8 Å². The van der Waals surface area contributed by atoms with Gasteiger partial charge < -0.3 is 15.0 Å². The third-order valence-corrected chi connectivity index (χ3v) is 13.5. The van der Waals surface area contributed by atoms with Crippen molar-refractivity contribution in [2.75, 3.05) is 0 Å². The van der Waals surface area contributed by atoms with Crippen molar-refractivity contribution in [2.45, 2.75) is 112 Å². The minimum absolute atomic E-state index is 0. The first-order valence-corrected chi connectivity index (χ1v) is 13.8. The summed E-state index contributed by atoms with van der Waals surface area (Å²) in [7, 11) is 0. The molecule has 10 atom stereocenters. The van der Waals surface area contributed by atoms with Crippen LogP contribution >= 0.6 is 0 Å². The molecule has 0 aliphatic heterocycles. The van der Waals surface area contributed by atoms with Crippen molar-refractivity contribution < 1.29 is 32.1 Å². The van der Waals surface area contributed by atoms with Crippen molar-refractivity contribution in [2.24, 2.45) is 56.7 Å². The Morgan fingerprint density at radius 3 is 2.15 bits per heavy atom. The Morgan fingerprint density at radius 1 is 0.853 bits per heavy atom. The van der Waals surface area contributed by atoms with Crippen LogP contribution in [0.2, 0.25) is 0 Å². The first-order chi connectivity index (χ1) is 15.3. The third-order valence-electron chi connectivity index (χ3n) is 13.5. The molecule has 0 spiro atoms. The van der Waals surface area contributed by atoms with E-state index in [1.165, 1.54) is 24.8 Å². The molecule has 1 radical (unpaired) electrons. The van der Waals surface area contributed by atoms with Gasteiger partial charge in [0.15, 0.2) is 0 Å². The number of carbonyl (C=O) groups is 1. The van der Waals surface area contributed by atoms with E-state index in [0.29, 0.717) is 23.7 Å². The van der Waals surface area contributed by atoms with Crippen molar-refractivity contribution >= 4 is 5.97 Å². The van der Waals surface area contributed by atoms with Gasteiger partial charge in [-0.15, -0.1) is 0 Å². The number of hydrogen-bond acceptors (Lipinski definition) is 3. The number of rotatable bonds is 2. The Kier molecular flexibility index (Phi) is 6.37. The van der Waals surface area contributed by atoms with Crippen molar-refractivity contribution in [3.05, 3.63) is 12.2 Å². The summed E-state index contributed by atoms with van der Waals surface area (Å²) in [5.74, 6) is 1.38. The quantitative estimate of drug-likeness (QED) is 0.380. The van der Waals surface area contributed by atoms with Crippen LogP contribution in [-0.4, -0.2) is 17.2 Å². The zero-order valence-electron chi connectivity index (χ0n) is 22.4. The van der Waals surface area contributed by atoms with Gasteiger partial charge in [0, 0.05) is 28.5 Å². The number of aliphatic carboxylic acids is 1. The van der Waals surface area contributed by atoms with Gasteiger partial charge in [0.2, 0.25) is 0 Å². The van der Waals surface area contributed by atoms with E-state index in [1.54, 1.807) is 0 Å². The molecular weight excluding hydrogens is 463 g/mol. The van der Waals surface area contributed by atoms with E-state index >= 15 is 0 Å². The number of carbonyl (C=O) groups excluding carboxylic acids is 1. The normalized spacial score (nSPS) is 53.4. The molecule has 0 amide bonds. The van der Waals surface area contributed by atoms with Gasteiger partial charge in [-0.3, -0.25) is 0 Å². The molecule has 34 heavy (non-hydrogen) atoms. The molecule has 4 heteroatoms. The van der Waals surface area contributed by atoms with Crippen LogP contribution in [0.1, 0.15) is 106 Å². The molecule has 0 aromatic rings. The van der Waals surface area contributed by atoms with Gasteiger partial charge in [0.1, 0.15) is 0 Å². The summed E-state index contributed by atoms with van der Waals surface area (Å²) < 4.78 is 0. The fraction of sp³-hybridized carbons (Fsp3) is 0.900. The molecule has 1 N–H and O–H groups in total. The molecule has 0 saturated heterocycles. The fourth-order valence-electron chi connectivity index (χ4n) is 11.5. The second-order valence-corrected chi connectivity index (χ2v) is 14.5. The molecule has 0 aromatic heterocycles. The molecular formula is C30H47MnO3-. The molecule has 5 aliphatic rings. The van der Waals surface area contributed by atoms with Crippen LogP contribution in [0.15, 0.2) is 12.2 Å². The number of aliphatic hydroxyl groups is 1. The van der Waals surface area contributed by atoms with Crippen LogP contribution in [0.5, 0.6) is 0 Å². The van der Waals surface area contributed by atoms with Gasteiger partial charge in [-0.2, -0.15) is 0 Å². The number of carboxylic acid groups (broad SMARTS) is 1. The summed E-state index contributed by atoms with van der Waals surface area (Å²) in [5.41, 5.74) is 1.15. The van der Waals surface area contributed by atoms with Crippen molar-refractivity contribution in [1.82, 2.24) is 0 Å². The van der Waals surface area contributed by atoms with Gasteiger partial charge in [0.25, 0.3) is 0 Å². The van der Waals surface area contributed by atoms with E-state index < -0.39 is 11.4 Å². The molecule has 0 unspecified atom stereocenters. The van der Waals surface area contributed by atoms with Gasteiger partial charge in [-0.1, -0.05) is 46.8 Å². The van der Waals surface area contributed by atoms with E-state index in [0.717, 1.165) is 44.9 Å². The third kappa shape index (κ3) is 3.06. The van der Waals surface area contributed by atoms with Crippen LogP contribution in [0.3, 0.4) is 0 Å². The summed E-state index contributed by atoms with van der Waals surface area (Å²) in [6.45, 7) is 18.7. The zero-order valence-corrected chi connectivity index (χ0v) is 23.6. The Hall–Kier alpha value is -0.311. The van der Waals surface area contributed by atoms with E-state index in [4.69, 9.17) is 0 Å². The second kappa shape index (κ2) is 8.09. The summed E-state index contributed by atoms with van der Waals surface area (Å²) in [5, 5.41) is 23.5. The predicted octanol–water partition coefficient (Wildman–Crippen LogP) is 5.75. The number of carboxylic acids is 1. The van der Waals surface area contributed by atoms with E-state index in [1.807, 2.05) is 0 Å². The maximum atomic E-state index is 12.6. The Morgan fingerprint density at radius 2 is 1.53 bits per heavy atom. The van der Waals surface area contributed by atoms with Crippen molar-refractivity contribution in [1.29, 1.82) is 0 Å². The standard InChI is InChI=1S/C30H48O3.Mn/c1-18(2)19-10-15-30(25(32)33)17-16-28(6)20(24(19)30)8-9-22-27(5)13-12-23(31)26(3,4)21(27)11-14-29(22,28)7;/h19-24,31H,1,8-17H2,2-7H3,(H,32,33);/p-1/t19-,20+,21-,22+,23-,24+,27-,28+,29+,30-;/m0./s1. The first-order valence-electron chi connectivity index (χ1n) is 13.8. The Bertz CT molecular complexity index is 867. The van der Waals surface area contributed by atoms with Gasteiger partial charge in [-0.25, -0.2) is 0 Å². The molecule has 5 fully saturated rings. The average molecular weight is 511 g/mol. The number of allylic oxidation sites excluding steroid dienone is 1. The van der Waals surface area contributed by atoms with Crippen molar-refractivity contribution in [3.63, 3.8) is 0 Å². The number of hydrogen-bond donors (Lipinski definition) is 1. The fourth-order valence-corrected chi connectivity index (χ4v) is 11.5. The topological polar surface area (TPSA) is 60.4 Å². The molecule has 193 valence electrons. The van der Waals surface area contributed by atoms with Gasteiger partial charge in [0.05, 0.1) is 6.10 Å². The Labute approximate surface area is 218 Å². The maximum Gasteiger partial charge on any atom is 0.0594 e. The van der Waals surface area contributed by atoms with Crippen LogP contribution in [0.25, 0.3) is 0 Å². The summed E-state index contributed by atoms with van der Waals surface area (Å²) in [4.78, 5) is 12.6. The van der Waals surface area contributed by atoms with E-state index in [9.17, 15) is 15.0 Å². The summed E-state index contributed by atoms with van der Waals surface area (Å²) in [6, 6.07) is 0. The van der Waals surface area contributed by atoms with Crippen molar-refractivity contribution in [3.8, 4) is 0 Å². The zero-order chi connectivity index (χ0) is 24.2. The van der Waals surface area contributed by atoms with Crippen LogP contribution in [-0.2, 0) is 21.9 Å². The molecule has 5 rings (SSSR count). The molecule has 0 aromatic carbocycles.